The first kappa shape index (κ1) is 15.8. The van der Waals surface area contributed by atoms with Crippen LogP contribution in [0, 0.1) is 0 Å². The molecule has 0 saturated heterocycles. The summed E-state index contributed by atoms with van der Waals surface area (Å²) < 4.78 is 10.9. The lowest BCUT2D eigenvalue weighted by molar-refractivity contribution is 0.0947. The third-order valence-electron chi connectivity index (χ3n) is 3.88. The van der Waals surface area contributed by atoms with Gasteiger partial charge in [0.2, 0.25) is 5.89 Å². The van der Waals surface area contributed by atoms with Gasteiger partial charge in [0.15, 0.2) is 17.9 Å². The summed E-state index contributed by atoms with van der Waals surface area (Å²) in [6.07, 6.45) is 4.65. The Kier molecular flexibility index (Phi) is 4.30. The molecule has 4 rings (SSSR count). The fourth-order valence-corrected chi connectivity index (χ4v) is 2.53. The molecule has 2 aromatic carbocycles. The van der Waals surface area contributed by atoms with Crippen LogP contribution < -0.4 is 5.32 Å². The fraction of sp³-hybridized carbons (Fsp3) is 0.0500. The van der Waals surface area contributed by atoms with Gasteiger partial charge in [0, 0.05) is 16.7 Å². The summed E-state index contributed by atoms with van der Waals surface area (Å²) in [4.78, 5) is 20.4. The zero-order valence-electron chi connectivity index (χ0n) is 13.8. The van der Waals surface area contributed by atoms with Crippen molar-refractivity contribution in [2.24, 2.45) is 0 Å². The molecule has 0 aliphatic carbocycles. The Morgan fingerprint density at radius 2 is 1.69 bits per heavy atom. The molecule has 0 aliphatic rings. The highest BCUT2D eigenvalue weighted by molar-refractivity contribution is 5.94. The summed E-state index contributed by atoms with van der Waals surface area (Å²) in [6, 6.07) is 16.8. The molecule has 0 radical (unpaired) electrons. The highest BCUT2D eigenvalue weighted by atomic mass is 16.4. The smallest absolute Gasteiger partial charge is 0.251 e. The van der Waals surface area contributed by atoms with E-state index < -0.39 is 0 Å². The minimum absolute atomic E-state index is 0.200. The maximum atomic E-state index is 12.3. The number of nitrogens with zero attached hydrogens (tertiary/aromatic N) is 2. The first-order valence-electron chi connectivity index (χ1n) is 8.07. The molecule has 2 heterocycles. The summed E-state index contributed by atoms with van der Waals surface area (Å²) in [7, 11) is 0. The Balaban J connectivity index is 1.39. The first-order valence-corrected chi connectivity index (χ1v) is 8.07. The monoisotopic (exact) mass is 345 g/mol. The van der Waals surface area contributed by atoms with E-state index in [0.29, 0.717) is 23.0 Å². The van der Waals surface area contributed by atoms with Crippen molar-refractivity contribution < 1.29 is 13.6 Å². The van der Waals surface area contributed by atoms with Crippen LogP contribution in [0.15, 0.2) is 82.2 Å². The van der Waals surface area contributed by atoms with Crippen molar-refractivity contribution in [2.75, 3.05) is 0 Å². The van der Waals surface area contributed by atoms with Crippen LogP contribution in [0.1, 0.15) is 16.2 Å². The lowest BCUT2D eigenvalue weighted by atomic mass is 10.1. The number of aromatic nitrogens is 2. The van der Waals surface area contributed by atoms with Gasteiger partial charge in [0.05, 0.1) is 18.9 Å². The molecule has 0 fully saturated rings. The molecule has 2 aromatic heterocycles. The number of carbonyl (C=O) groups excluding carboxylic acids is 1. The maximum Gasteiger partial charge on any atom is 0.251 e. The van der Waals surface area contributed by atoms with Gasteiger partial charge in [-0.3, -0.25) is 4.79 Å². The molecule has 0 unspecified atom stereocenters. The lowest BCUT2D eigenvalue weighted by Crippen LogP contribution is -2.22. The maximum absolute atomic E-state index is 12.3. The predicted molar refractivity (Wildman–Crippen MR) is 95.0 cm³/mol. The van der Waals surface area contributed by atoms with E-state index in [1.807, 2.05) is 42.5 Å². The molecule has 6 nitrogen and oxygen atoms in total. The van der Waals surface area contributed by atoms with Crippen molar-refractivity contribution >= 4 is 5.91 Å². The van der Waals surface area contributed by atoms with E-state index in [4.69, 9.17) is 8.83 Å². The number of benzene rings is 2. The average molecular weight is 345 g/mol. The molecule has 0 aliphatic heterocycles. The van der Waals surface area contributed by atoms with E-state index in [1.54, 1.807) is 24.5 Å². The zero-order chi connectivity index (χ0) is 17.8. The van der Waals surface area contributed by atoms with Gasteiger partial charge < -0.3 is 14.2 Å². The van der Waals surface area contributed by atoms with E-state index >= 15 is 0 Å². The molecule has 0 bridgehead atoms. The average Bonchev–Trinajstić information content (AvgIpc) is 3.39. The van der Waals surface area contributed by atoms with Gasteiger partial charge in [-0.15, -0.1) is 0 Å². The SMILES string of the molecule is O=C(NCc1ncc(-c2ccccc2)o1)c1ccc(-c2cnco2)cc1. The number of hydrogen-bond donors (Lipinski definition) is 1. The Hall–Kier alpha value is -3.67. The number of hydrogen-bond acceptors (Lipinski definition) is 5. The van der Waals surface area contributed by atoms with Crippen LogP contribution in [0.2, 0.25) is 0 Å². The lowest BCUT2D eigenvalue weighted by Gasteiger charge is -2.04. The molecular formula is C20H15N3O3. The molecule has 128 valence electrons. The van der Waals surface area contributed by atoms with Crippen molar-refractivity contribution in [3.8, 4) is 22.6 Å². The Labute approximate surface area is 149 Å². The van der Waals surface area contributed by atoms with Crippen LogP contribution in [0.5, 0.6) is 0 Å². The second-order valence-electron chi connectivity index (χ2n) is 5.61. The van der Waals surface area contributed by atoms with Gasteiger partial charge in [-0.05, 0) is 12.1 Å². The molecule has 26 heavy (non-hydrogen) atoms. The molecule has 1 amide bonds. The third-order valence-corrected chi connectivity index (χ3v) is 3.88. The highest BCUT2D eigenvalue weighted by Gasteiger charge is 2.10. The summed E-state index contributed by atoms with van der Waals surface area (Å²) in [5.74, 6) is 1.58. The quantitative estimate of drug-likeness (QED) is 0.593. The van der Waals surface area contributed by atoms with Gasteiger partial charge in [-0.25, -0.2) is 9.97 Å². The second kappa shape index (κ2) is 7.06. The summed E-state index contributed by atoms with van der Waals surface area (Å²) in [5.41, 5.74) is 2.35. The number of carbonyl (C=O) groups is 1. The van der Waals surface area contributed by atoms with E-state index in [1.165, 1.54) is 6.39 Å². The highest BCUT2D eigenvalue weighted by Crippen LogP contribution is 2.20. The Bertz CT molecular complexity index is 990. The molecule has 4 aromatic rings. The number of oxazole rings is 2. The molecule has 0 spiro atoms. The zero-order valence-corrected chi connectivity index (χ0v) is 13.8. The van der Waals surface area contributed by atoms with E-state index in [-0.39, 0.29) is 12.5 Å². The normalized spacial score (nSPS) is 10.6. The van der Waals surface area contributed by atoms with E-state index in [0.717, 1.165) is 11.1 Å². The van der Waals surface area contributed by atoms with Crippen LogP contribution in [0.4, 0.5) is 0 Å². The first-order chi connectivity index (χ1) is 12.8. The molecular weight excluding hydrogens is 330 g/mol. The fourth-order valence-electron chi connectivity index (χ4n) is 2.53. The van der Waals surface area contributed by atoms with Crippen LogP contribution in [-0.2, 0) is 6.54 Å². The van der Waals surface area contributed by atoms with Gasteiger partial charge in [-0.2, -0.15) is 0 Å². The van der Waals surface area contributed by atoms with Crippen molar-refractivity contribution in [1.29, 1.82) is 0 Å². The molecule has 0 atom stereocenters. The summed E-state index contributed by atoms with van der Waals surface area (Å²) in [5, 5.41) is 2.80. The van der Waals surface area contributed by atoms with Crippen molar-refractivity contribution in [2.45, 2.75) is 6.54 Å². The summed E-state index contributed by atoms with van der Waals surface area (Å²) >= 11 is 0. The second-order valence-corrected chi connectivity index (χ2v) is 5.61. The van der Waals surface area contributed by atoms with Crippen molar-refractivity contribution in [3.05, 3.63) is 84.8 Å². The number of rotatable bonds is 5. The van der Waals surface area contributed by atoms with Crippen LogP contribution >= 0.6 is 0 Å². The molecule has 0 saturated carbocycles. The van der Waals surface area contributed by atoms with Gasteiger partial charge >= 0.3 is 0 Å². The number of amides is 1. The van der Waals surface area contributed by atoms with Gasteiger partial charge in [-0.1, -0.05) is 42.5 Å². The van der Waals surface area contributed by atoms with Gasteiger partial charge in [0.25, 0.3) is 5.91 Å². The minimum atomic E-state index is -0.200. The van der Waals surface area contributed by atoms with E-state index in [9.17, 15) is 4.79 Å². The largest absolute Gasteiger partial charge is 0.444 e. The van der Waals surface area contributed by atoms with Crippen LogP contribution in [-0.4, -0.2) is 15.9 Å². The minimum Gasteiger partial charge on any atom is -0.444 e. The van der Waals surface area contributed by atoms with Crippen molar-refractivity contribution in [1.82, 2.24) is 15.3 Å². The molecule has 6 heteroatoms. The van der Waals surface area contributed by atoms with E-state index in [2.05, 4.69) is 15.3 Å². The van der Waals surface area contributed by atoms with Crippen LogP contribution in [0.3, 0.4) is 0 Å². The molecule has 1 N–H and O–H groups in total. The number of nitrogens with one attached hydrogen (secondary N) is 1. The standard InChI is InChI=1S/C20H15N3O3/c24-20(16-8-6-15(7-9-16)17-10-21-13-25-17)23-12-19-22-11-18(26-19)14-4-2-1-3-5-14/h1-11,13H,12H2,(H,23,24). The van der Waals surface area contributed by atoms with Crippen molar-refractivity contribution in [3.63, 3.8) is 0 Å². The predicted octanol–water partition coefficient (Wildman–Crippen LogP) is 3.93. The summed E-state index contributed by atoms with van der Waals surface area (Å²) in [6.45, 7) is 0.218. The van der Waals surface area contributed by atoms with Gasteiger partial charge in [0.1, 0.15) is 0 Å². The van der Waals surface area contributed by atoms with Crippen LogP contribution in [0.25, 0.3) is 22.6 Å². The topological polar surface area (TPSA) is 81.2 Å². The Morgan fingerprint density at radius 1 is 0.923 bits per heavy atom. The third kappa shape index (κ3) is 3.39. The Morgan fingerprint density at radius 3 is 2.42 bits per heavy atom.